The van der Waals surface area contributed by atoms with Crippen LogP contribution in [0.2, 0.25) is 0 Å². The molecule has 5 N–H and O–H groups in total. The van der Waals surface area contributed by atoms with Crippen LogP contribution in [0.25, 0.3) is 32.7 Å². The summed E-state index contributed by atoms with van der Waals surface area (Å²) in [6.07, 6.45) is 1.83. The van der Waals surface area contributed by atoms with Crippen molar-refractivity contribution in [1.29, 1.82) is 0 Å². The number of rotatable bonds is 24. The summed E-state index contributed by atoms with van der Waals surface area (Å²) in [6.45, 7) is 14.7. The predicted molar refractivity (Wildman–Crippen MR) is 379 cm³/mol. The number of pyridine rings is 3. The van der Waals surface area contributed by atoms with Crippen molar-refractivity contribution in [3.63, 3.8) is 0 Å². The number of benzene rings is 6. The number of ether oxygens (including phenoxy) is 5. The van der Waals surface area contributed by atoms with Crippen LogP contribution in [0.1, 0.15) is 105 Å². The zero-order valence-electron chi connectivity index (χ0n) is 57.4. The quantitative estimate of drug-likeness (QED) is 0.0163. The highest BCUT2D eigenvalue weighted by Gasteiger charge is 2.66. The summed E-state index contributed by atoms with van der Waals surface area (Å²) in [5.41, 5.74) is 14.8. The highest BCUT2D eigenvalue weighted by molar-refractivity contribution is 5.95. The molecule has 9 aromatic rings. The van der Waals surface area contributed by atoms with E-state index in [0.717, 1.165) is 88.9 Å². The molecule has 3 radical (unpaired) electrons. The van der Waals surface area contributed by atoms with Gasteiger partial charge in [-0.25, -0.2) is 16.4 Å². The number of aromatic nitrogens is 3. The molecule has 3 amide bonds. The lowest BCUT2D eigenvalue weighted by Crippen LogP contribution is -2.31. The van der Waals surface area contributed by atoms with Gasteiger partial charge in [-0.05, 0) is 163 Å². The summed E-state index contributed by atoms with van der Waals surface area (Å²) in [4.78, 5) is 96.1. The van der Waals surface area contributed by atoms with E-state index in [4.69, 9.17) is 33.7 Å². The maximum Gasteiger partial charge on any atom is 0.313 e. The van der Waals surface area contributed by atoms with Gasteiger partial charge in [-0.3, -0.25) is 58.6 Å². The third-order valence-corrected chi connectivity index (χ3v) is 17.8. The lowest BCUT2D eigenvalue weighted by molar-refractivity contribution is -0.156. The van der Waals surface area contributed by atoms with Crippen LogP contribution in [-0.2, 0) is 87.0 Å². The minimum Gasteiger partial charge on any atom is -0.489 e. The van der Waals surface area contributed by atoms with Gasteiger partial charge in [0.25, 0.3) is 0 Å². The maximum absolute atomic E-state index is 12.7. The molecule has 523 valence electrons. The Morgan fingerprint density at radius 3 is 1.11 bits per heavy atom. The Morgan fingerprint density at radius 2 is 0.790 bits per heavy atom. The summed E-state index contributed by atoms with van der Waals surface area (Å²) >= 11 is 0. The molecule has 100 heavy (non-hydrogen) atoms. The van der Waals surface area contributed by atoms with Crippen LogP contribution in [0.5, 0.6) is 17.2 Å². The molecule has 12 rings (SSSR count). The first-order valence-electron chi connectivity index (χ1n) is 32.6. The lowest BCUT2D eigenvalue weighted by Gasteiger charge is -2.18. The fraction of sp³-hybridized carbons (Fsp3) is 0.346. The molecule has 3 saturated carbocycles. The molecule has 3 aliphatic rings. The van der Waals surface area contributed by atoms with Crippen molar-refractivity contribution < 1.29 is 72.4 Å². The molecule has 0 aliphatic heterocycles. The summed E-state index contributed by atoms with van der Waals surface area (Å²) in [5.74, 6) is -2.56. The van der Waals surface area contributed by atoms with Gasteiger partial charge in [0.05, 0.1) is 78.0 Å². The monoisotopic (exact) mass is 1360 g/mol. The van der Waals surface area contributed by atoms with E-state index >= 15 is 0 Å². The van der Waals surface area contributed by atoms with Gasteiger partial charge in [0.15, 0.2) is 0 Å². The van der Waals surface area contributed by atoms with E-state index in [1.807, 2.05) is 198 Å². The molecule has 0 spiro atoms. The second-order valence-corrected chi connectivity index (χ2v) is 25.0. The molecular formula is C78H88BN6O15. The van der Waals surface area contributed by atoms with Gasteiger partial charge < -0.3 is 28.8 Å². The third-order valence-electron chi connectivity index (χ3n) is 17.8. The Morgan fingerprint density at radius 1 is 0.480 bits per heavy atom. The zero-order valence-corrected chi connectivity index (χ0v) is 57.4. The molecule has 3 heterocycles. The zero-order chi connectivity index (χ0) is 70.3. The molecule has 3 fully saturated rings. The van der Waals surface area contributed by atoms with Crippen molar-refractivity contribution in [3.8, 4) is 17.2 Å². The Labute approximate surface area is 585 Å². The van der Waals surface area contributed by atoms with Gasteiger partial charge >= 0.3 is 17.9 Å². The number of amides is 3. The van der Waals surface area contributed by atoms with E-state index in [9.17, 15) is 33.9 Å². The Hall–Kier alpha value is -10.3. The van der Waals surface area contributed by atoms with Crippen LogP contribution in [0.3, 0.4) is 0 Å². The van der Waals surface area contributed by atoms with Gasteiger partial charge in [0, 0.05) is 58.3 Å². The standard InChI is InChI=1S/C26H28N2O5.C25H26N2O5.C24H24N2O5.C2H6.CH4.B/c1-16(2)33-25(30)26(14-22(26)24(29)28-31)13-18-8-10-20(11-9-18)32-15-19-12-17(3)27-23-7-5-4-6-21(19)23;1-16-12-18(20-6-4-5-7-22(20)26-16)15-32-19-10-8-17(9-11-19)13-25(24(29)30-2)14-21(25)23(28)27-31-3;1-15-11-17(19-5-3-4-6-21(19)25-15)14-31-18-9-7-16(8-10-18)12-24(23(28)29)13-20(24)22(27)26-30-2;1-2;;/h4-12,16,22,31H,13-15H2,1-3H3,(H,28,29);4-12,21H,13-15H2,1-3H3,(H,27,28);3-11,20H,12-14H2,1-2H3,(H,26,27)(H,28,29);1-2H3;1H4;/t22-,26+;21-,25+;20-,24+;;;/m111.../s1. The van der Waals surface area contributed by atoms with Crippen molar-refractivity contribution in [2.24, 2.45) is 34.0 Å². The molecule has 0 saturated heterocycles. The number of carbonyl (C=O) groups excluding carboxylic acids is 5. The second kappa shape index (κ2) is 34.5. The summed E-state index contributed by atoms with van der Waals surface area (Å²) < 4.78 is 28.4. The molecule has 6 aromatic carbocycles. The number of carboxylic acids is 1. The highest BCUT2D eigenvalue weighted by atomic mass is 16.6. The van der Waals surface area contributed by atoms with Gasteiger partial charge in [-0.1, -0.05) is 112 Å². The van der Waals surface area contributed by atoms with Crippen LogP contribution in [0, 0.1) is 54.8 Å². The third kappa shape index (κ3) is 18.3. The largest absolute Gasteiger partial charge is 0.489 e. The SMILES string of the molecule is C.CC.CONC(=O)[C@H]1C[C@]1(Cc1ccc(OCc2cc(C)nc3ccccc23)cc1)C(=O)O.CONC(=O)[C@H]1C[C@]1(Cc1ccc(OCc2cc(C)nc3ccccc23)cc1)C(=O)OC.Cc1cc(COc2ccc(C[C@]3(C(=O)OC(C)C)C[C@@H]3C(=O)NO)cc2)c2ccccc2n1.[B]. The average Bonchev–Trinajstić information content (AvgIpc) is 1.59. The van der Waals surface area contributed by atoms with Gasteiger partial charge in [0.2, 0.25) is 17.7 Å². The molecule has 3 aromatic heterocycles. The van der Waals surface area contributed by atoms with E-state index in [2.05, 4.69) is 30.7 Å². The van der Waals surface area contributed by atoms with Crippen molar-refractivity contribution in [1.82, 2.24) is 31.4 Å². The number of aryl methyl sites for hydroxylation is 3. The summed E-state index contributed by atoms with van der Waals surface area (Å²) in [6, 6.07) is 52.5. The van der Waals surface area contributed by atoms with Crippen LogP contribution in [0.15, 0.2) is 164 Å². The number of esters is 2. The molecule has 22 heteroatoms. The number of nitrogens with one attached hydrogen (secondary N) is 3. The van der Waals surface area contributed by atoms with Crippen molar-refractivity contribution >= 4 is 76.8 Å². The Kier molecular flexibility index (Phi) is 26.6. The molecule has 0 unspecified atom stereocenters. The second-order valence-electron chi connectivity index (χ2n) is 25.0. The van der Waals surface area contributed by atoms with Crippen LogP contribution in [0.4, 0.5) is 0 Å². The number of nitrogens with zero attached hydrogens (tertiary/aromatic N) is 3. The maximum atomic E-state index is 12.7. The van der Waals surface area contributed by atoms with Gasteiger partial charge in [0.1, 0.15) is 37.1 Å². The van der Waals surface area contributed by atoms with E-state index < -0.39 is 57.8 Å². The summed E-state index contributed by atoms with van der Waals surface area (Å²) in [5, 5.41) is 21.9. The fourth-order valence-corrected chi connectivity index (χ4v) is 12.6. The molecule has 21 nitrogen and oxygen atoms in total. The first kappa shape index (κ1) is 77.1. The molecule has 0 bridgehead atoms. The summed E-state index contributed by atoms with van der Waals surface area (Å²) in [7, 11) is 4.04. The fourth-order valence-electron chi connectivity index (χ4n) is 12.6. The van der Waals surface area contributed by atoms with Gasteiger partial charge in [-0.15, -0.1) is 0 Å². The van der Waals surface area contributed by atoms with E-state index in [-0.39, 0.29) is 40.2 Å². The van der Waals surface area contributed by atoms with Gasteiger partial charge in [-0.2, -0.15) is 0 Å². The topological polar surface area (TPSA) is 282 Å². The van der Waals surface area contributed by atoms with Crippen LogP contribution in [-0.4, -0.2) is 96.7 Å². The van der Waals surface area contributed by atoms with Crippen LogP contribution >= 0.6 is 0 Å². The number of carboxylic acid groups (broad SMARTS) is 1. The molecule has 3 aliphatic carbocycles. The van der Waals surface area contributed by atoms with Crippen molar-refractivity contribution in [3.05, 3.63) is 214 Å². The smallest absolute Gasteiger partial charge is 0.313 e. The van der Waals surface area contributed by atoms with Crippen molar-refractivity contribution in [2.75, 3.05) is 21.3 Å². The van der Waals surface area contributed by atoms with E-state index in [0.29, 0.717) is 63.4 Å². The number of hydrogen-bond acceptors (Lipinski definition) is 17. The minimum atomic E-state index is -1.08. The first-order valence-corrected chi connectivity index (χ1v) is 32.6. The van der Waals surface area contributed by atoms with Crippen LogP contribution < -0.4 is 30.7 Å². The predicted octanol–water partition coefficient (Wildman–Crippen LogP) is 12.4. The normalized spacial score (nSPS) is 18.8. The number of methoxy groups -OCH3 is 1. The number of hydrogen-bond donors (Lipinski definition) is 5. The Bertz CT molecular complexity index is 4330. The van der Waals surface area contributed by atoms with E-state index in [1.54, 1.807) is 19.3 Å². The Balaban J connectivity index is 0.000000206. The number of hydroxylamine groups is 3. The van der Waals surface area contributed by atoms with E-state index in [1.165, 1.54) is 21.3 Å². The average molecular weight is 1360 g/mol. The number of aliphatic carboxylic acids is 1. The molecular weight excluding hydrogens is 1270 g/mol. The number of para-hydroxylation sites is 3. The lowest BCUT2D eigenvalue weighted by atomic mass is 9.93. The minimum absolute atomic E-state index is 0. The number of carbonyl (C=O) groups is 6. The number of fused-ring (bicyclic) bond motifs is 3. The first-order chi connectivity index (χ1) is 47.2. The highest BCUT2D eigenvalue weighted by Crippen LogP contribution is 2.58. The molecule has 6 atom stereocenters. The van der Waals surface area contributed by atoms with Crippen molar-refractivity contribution in [2.45, 2.75) is 120 Å².